The fraction of sp³-hybridized carbons (Fsp3) is 0.455. The number of Topliss-reactive ketones (excluding diaryl/α,β-unsaturated/α-hetero) is 1. The molecule has 1 atom stereocenters. The maximum Gasteiger partial charge on any atom is 0.254 e. The van der Waals surface area contributed by atoms with Crippen LogP contribution in [0.2, 0.25) is 5.02 Å². The molecule has 5 nitrogen and oxygen atoms in total. The molecule has 148 valence electrons. The first-order valence-corrected chi connectivity index (χ1v) is 10.4. The molecular weight excluding hydrogens is 374 g/mol. The van der Waals surface area contributed by atoms with Crippen molar-refractivity contribution in [3.63, 3.8) is 0 Å². The Balaban J connectivity index is 1.43. The zero-order valence-electron chi connectivity index (χ0n) is 16.2. The summed E-state index contributed by atoms with van der Waals surface area (Å²) < 4.78 is 0. The van der Waals surface area contributed by atoms with E-state index in [-0.39, 0.29) is 17.7 Å². The number of likely N-dealkylation sites (tertiary alicyclic amines) is 1. The zero-order valence-corrected chi connectivity index (χ0v) is 16.9. The lowest BCUT2D eigenvalue weighted by Crippen LogP contribution is -2.47. The summed E-state index contributed by atoms with van der Waals surface area (Å²) in [5, 5.41) is 3.93. The molecule has 2 aliphatic rings. The number of H-pyrrole nitrogens is 1. The van der Waals surface area contributed by atoms with Crippen LogP contribution in [0.25, 0.3) is 0 Å². The lowest BCUT2D eigenvalue weighted by Gasteiger charge is -2.33. The van der Waals surface area contributed by atoms with Gasteiger partial charge in [0.1, 0.15) is 0 Å². The molecular formula is C22H26ClN3O2. The molecule has 0 saturated carbocycles. The van der Waals surface area contributed by atoms with Crippen LogP contribution in [0.15, 0.2) is 24.3 Å². The number of aromatic amines is 1. The molecule has 1 aromatic carbocycles. The highest BCUT2D eigenvalue weighted by molar-refractivity contribution is 6.30. The number of carbonyl (C=O) groups excluding carboxylic acids is 2. The number of hydrogen-bond donors (Lipinski definition) is 2. The average Bonchev–Trinajstić information content (AvgIpc) is 3.01. The number of nitrogens with one attached hydrogen (secondary N) is 2. The number of fused-ring (bicyclic) bond motifs is 1. The molecule has 1 saturated heterocycles. The lowest BCUT2D eigenvalue weighted by molar-refractivity contribution is 0.0886. The van der Waals surface area contributed by atoms with Crippen molar-refractivity contribution >= 4 is 23.3 Å². The summed E-state index contributed by atoms with van der Waals surface area (Å²) in [6.07, 6.45) is 4.23. The van der Waals surface area contributed by atoms with E-state index in [1.54, 1.807) is 0 Å². The van der Waals surface area contributed by atoms with Gasteiger partial charge in [0.25, 0.3) is 5.91 Å². The van der Waals surface area contributed by atoms with Gasteiger partial charge in [-0.05, 0) is 56.8 Å². The summed E-state index contributed by atoms with van der Waals surface area (Å²) in [7, 11) is 0. The maximum absolute atomic E-state index is 13.0. The minimum Gasteiger partial charge on any atom is -0.361 e. The molecule has 1 fully saturated rings. The van der Waals surface area contributed by atoms with Crippen molar-refractivity contribution in [2.75, 3.05) is 13.1 Å². The van der Waals surface area contributed by atoms with E-state index in [9.17, 15) is 9.59 Å². The highest BCUT2D eigenvalue weighted by Crippen LogP contribution is 2.27. The van der Waals surface area contributed by atoms with Crippen molar-refractivity contribution in [3.8, 4) is 0 Å². The van der Waals surface area contributed by atoms with Crippen molar-refractivity contribution < 1.29 is 9.59 Å². The second kappa shape index (κ2) is 8.10. The number of nitrogens with zero attached hydrogens (tertiary/aromatic N) is 1. The highest BCUT2D eigenvalue weighted by atomic mass is 35.5. The molecule has 1 aliphatic heterocycles. The van der Waals surface area contributed by atoms with Crippen LogP contribution >= 0.6 is 11.6 Å². The Bertz CT molecular complexity index is 888. The highest BCUT2D eigenvalue weighted by Gasteiger charge is 2.30. The molecule has 4 rings (SSSR count). The Labute approximate surface area is 170 Å². The smallest absolute Gasteiger partial charge is 0.254 e. The summed E-state index contributed by atoms with van der Waals surface area (Å²) in [5.41, 5.74) is 4.11. The third-order valence-electron chi connectivity index (χ3n) is 5.76. The fourth-order valence-corrected chi connectivity index (χ4v) is 4.57. The molecule has 2 heterocycles. The van der Waals surface area contributed by atoms with Gasteiger partial charge in [0.2, 0.25) is 0 Å². The first-order valence-electron chi connectivity index (χ1n) is 10.0. The van der Waals surface area contributed by atoms with Gasteiger partial charge in [-0.2, -0.15) is 0 Å². The molecule has 0 unspecified atom stereocenters. The Hall–Kier alpha value is -2.11. The summed E-state index contributed by atoms with van der Waals surface area (Å²) >= 11 is 5.97. The van der Waals surface area contributed by atoms with Gasteiger partial charge in [-0.25, -0.2) is 0 Å². The van der Waals surface area contributed by atoms with Crippen LogP contribution < -0.4 is 5.32 Å². The number of aromatic nitrogens is 1. The van der Waals surface area contributed by atoms with Crippen LogP contribution in [-0.4, -0.2) is 40.7 Å². The number of amides is 1. The number of carbonyl (C=O) groups is 2. The molecule has 1 aliphatic carbocycles. The van der Waals surface area contributed by atoms with E-state index in [2.05, 4.69) is 15.2 Å². The third-order valence-corrected chi connectivity index (χ3v) is 6.01. The van der Waals surface area contributed by atoms with E-state index in [0.29, 0.717) is 17.5 Å². The van der Waals surface area contributed by atoms with Crippen LogP contribution in [0.1, 0.15) is 63.4 Å². The first-order chi connectivity index (χ1) is 13.5. The summed E-state index contributed by atoms with van der Waals surface area (Å²) in [5.74, 6) is -0.0349. The third kappa shape index (κ3) is 4.01. The average molecular weight is 400 g/mol. The number of aryl methyl sites for hydroxylation is 2. The summed E-state index contributed by atoms with van der Waals surface area (Å²) in [6.45, 7) is 4.56. The van der Waals surface area contributed by atoms with E-state index in [1.165, 1.54) is 5.56 Å². The van der Waals surface area contributed by atoms with Gasteiger partial charge in [-0.15, -0.1) is 0 Å². The molecule has 1 aromatic heterocycles. The summed E-state index contributed by atoms with van der Waals surface area (Å²) in [6, 6.07) is 8.01. The predicted molar refractivity (Wildman–Crippen MR) is 110 cm³/mol. The quantitative estimate of drug-likeness (QED) is 0.819. The number of piperidine rings is 1. The van der Waals surface area contributed by atoms with Crippen LogP contribution in [-0.2, 0) is 13.0 Å². The Morgan fingerprint density at radius 1 is 1.25 bits per heavy atom. The van der Waals surface area contributed by atoms with Gasteiger partial charge >= 0.3 is 0 Å². The van der Waals surface area contributed by atoms with Gasteiger partial charge < -0.3 is 10.3 Å². The minimum atomic E-state index is -0.122. The van der Waals surface area contributed by atoms with Gasteiger partial charge in [0.15, 0.2) is 5.78 Å². The molecule has 0 spiro atoms. The predicted octanol–water partition coefficient (Wildman–Crippen LogP) is 3.89. The van der Waals surface area contributed by atoms with Gasteiger partial charge in [-0.1, -0.05) is 23.7 Å². The lowest BCUT2D eigenvalue weighted by atomic mass is 9.92. The molecule has 0 radical (unpaired) electrons. The fourth-order valence-electron chi connectivity index (χ4n) is 4.44. The monoisotopic (exact) mass is 399 g/mol. The zero-order chi connectivity index (χ0) is 19.7. The van der Waals surface area contributed by atoms with E-state index in [1.807, 2.05) is 31.2 Å². The van der Waals surface area contributed by atoms with Crippen molar-refractivity contribution in [2.24, 2.45) is 0 Å². The maximum atomic E-state index is 13.0. The largest absolute Gasteiger partial charge is 0.361 e. The van der Waals surface area contributed by atoms with E-state index < -0.39 is 0 Å². The SMILES string of the molecule is Cc1[nH]c2c(c1C(=O)N[C@H]1CCCN(Cc3ccc(Cl)cc3)C1)C(=O)CCC2. The van der Waals surface area contributed by atoms with Gasteiger partial charge in [0, 0.05) is 42.0 Å². The Morgan fingerprint density at radius 3 is 2.82 bits per heavy atom. The van der Waals surface area contributed by atoms with Crippen molar-refractivity contribution in [2.45, 2.75) is 51.6 Å². The normalized spacial score (nSPS) is 20.1. The molecule has 28 heavy (non-hydrogen) atoms. The minimum absolute atomic E-state index is 0.0868. The second-order valence-corrected chi connectivity index (χ2v) is 8.37. The molecule has 6 heteroatoms. The Kier molecular flexibility index (Phi) is 5.56. The molecule has 2 aromatic rings. The van der Waals surface area contributed by atoms with E-state index in [4.69, 9.17) is 11.6 Å². The van der Waals surface area contributed by atoms with Gasteiger partial charge in [0.05, 0.1) is 11.1 Å². The topological polar surface area (TPSA) is 65.2 Å². The van der Waals surface area contributed by atoms with Crippen LogP contribution in [0, 0.1) is 6.92 Å². The van der Waals surface area contributed by atoms with Crippen molar-refractivity contribution in [1.29, 1.82) is 0 Å². The van der Waals surface area contributed by atoms with Crippen LogP contribution in [0.3, 0.4) is 0 Å². The van der Waals surface area contributed by atoms with Gasteiger partial charge in [-0.3, -0.25) is 14.5 Å². The molecule has 1 amide bonds. The van der Waals surface area contributed by atoms with Crippen LogP contribution in [0.4, 0.5) is 0 Å². The van der Waals surface area contributed by atoms with Crippen molar-refractivity contribution in [1.82, 2.24) is 15.2 Å². The first kappa shape index (κ1) is 19.2. The number of benzene rings is 1. The van der Waals surface area contributed by atoms with Crippen molar-refractivity contribution in [3.05, 3.63) is 57.4 Å². The van der Waals surface area contributed by atoms with E-state index in [0.717, 1.165) is 61.7 Å². The number of rotatable bonds is 4. The molecule has 2 N–H and O–H groups in total. The Morgan fingerprint density at radius 2 is 2.04 bits per heavy atom. The number of ketones is 1. The summed E-state index contributed by atoms with van der Waals surface area (Å²) in [4.78, 5) is 31.0. The number of halogens is 1. The molecule has 0 bridgehead atoms. The van der Waals surface area contributed by atoms with E-state index >= 15 is 0 Å². The van der Waals surface area contributed by atoms with Crippen LogP contribution in [0.5, 0.6) is 0 Å². The second-order valence-electron chi connectivity index (χ2n) is 7.93. The standard InChI is InChI=1S/C22H26ClN3O2/c1-14-20(21-18(24-14)5-2-6-19(21)27)22(28)25-17-4-3-11-26(13-17)12-15-7-9-16(23)10-8-15/h7-10,17,24H,2-6,11-13H2,1H3,(H,25,28)/t17-/m0/s1. The number of hydrogen-bond acceptors (Lipinski definition) is 3.